The number of carbonyl (C=O) groups is 5. The Labute approximate surface area is 159 Å². The molecule has 0 aromatic carbocycles. The van der Waals surface area contributed by atoms with Gasteiger partial charge >= 0.3 is 5.97 Å². The van der Waals surface area contributed by atoms with Crippen molar-refractivity contribution < 1.29 is 39.3 Å². The molecule has 0 rings (SSSR count). The molecule has 0 aliphatic heterocycles. The first-order valence-electron chi connectivity index (χ1n) is 7.57. The second kappa shape index (κ2) is 12.1. The molecule has 0 saturated carbocycles. The van der Waals surface area contributed by atoms with E-state index in [1.807, 2.05) is 5.32 Å². The van der Waals surface area contributed by atoms with Gasteiger partial charge in [0.15, 0.2) is 0 Å². The summed E-state index contributed by atoms with van der Waals surface area (Å²) in [5, 5.41) is 33.1. The van der Waals surface area contributed by atoms with Crippen LogP contribution < -0.4 is 27.4 Å². The molecule has 14 heteroatoms. The van der Waals surface area contributed by atoms with Crippen LogP contribution in [0.3, 0.4) is 0 Å². The van der Waals surface area contributed by atoms with E-state index in [-0.39, 0.29) is 5.75 Å². The molecule has 4 unspecified atom stereocenters. The van der Waals surface area contributed by atoms with Gasteiger partial charge in [-0.25, -0.2) is 4.79 Å². The lowest BCUT2D eigenvalue weighted by atomic mass is 10.1. The molecule has 0 aromatic heterocycles. The maximum atomic E-state index is 12.2. The summed E-state index contributed by atoms with van der Waals surface area (Å²) in [7, 11) is 0. The number of carboxylic acid groups (broad SMARTS) is 1. The van der Waals surface area contributed by atoms with Gasteiger partial charge in [0.25, 0.3) is 0 Å². The van der Waals surface area contributed by atoms with Crippen molar-refractivity contribution in [2.24, 2.45) is 11.5 Å². The van der Waals surface area contributed by atoms with E-state index in [0.29, 0.717) is 0 Å². The van der Waals surface area contributed by atoms with Crippen molar-refractivity contribution in [2.75, 3.05) is 19.0 Å². The van der Waals surface area contributed by atoms with E-state index >= 15 is 0 Å². The van der Waals surface area contributed by atoms with Crippen molar-refractivity contribution in [1.82, 2.24) is 16.0 Å². The highest BCUT2D eigenvalue weighted by atomic mass is 32.1. The first kappa shape index (κ1) is 24.6. The number of amides is 4. The first-order valence-corrected chi connectivity index (χ1v) is 8.20. The number of primary amides is 1. The number of thiol groups is 1. The smallest absolute Gasteiger partial charge is 0.328 e. The predicted octanol–water partition coefficient (Wildman–Crippen LogP) is -5.36. The van der Waals surface area contributed by atoms with Gasteiger partial charge in [0.1, 0.15) is 18.1 Å². The number of aliphatic hydroxyl groups is 2. The third-order valence-electron chi connectivity index (χ3n) is 3.18. The Hall–Kier alpha value is -2.42. The second-order valence-electron chi connectivity index (χ2n) is 5.35. The molecule has 27 heavy (non-hydrogen) atoms. The van der Waals surface area contributed by atoms with E-state index in [1.165, 1.54) is 0 Å². The largest absolute Gasteiger partial charge is 0.480 e. The van der Waals surface area contributed by atoms with Crippen molar-refractivity contribution in [2.45, 2.75) is 30.6 Å². The molecule has 0 saturated heterocycles. The number of hydrogen-bond acceptors (Lipinski definition) is 9. The Kier molecular flexibility index (Phi) is 11.0. The Morgan fingerprint density at radius 2 is 1.30 bits per heavy atom. The molecule has 13 nitrogen and oxygen atoms in total. The highest BCUT2D eigenvalue weighted by Gasteiger charge is 2.30. The maximum absolute atomic E-state index is 12.2. The molecular weight excluding hydrogens is 386 g/mol. The highest BCUT2D eigenvalue weighted by Crippen LogP contribution is 1.97. The minimum atomic E-state index is -1.67. The lowest BCUT2D eigenvalue weighted by Gasteiger charge is -2.23. The fraction of sp³-hybridized carbons (Fsp3) is 0.615. The molecule has 154 valence electrons. The van der Waals surface area contributed by atoms with Gasteiger partial charge in [0.2, 0.25) is 23.6 Å². The van der Waals surface area contributed by atoms with Gasteiger partial charge in [-0.15, -0.1) is 0 Å². The number of carbonyl (C=O) groups excluding carboxylic acids is 4. The monoisotopic (exact) mass is 409 g/mol. The first-order chi connectivity index (χ1) is 12.6. The van der Waals surface area contributed by atoms with Crippen LogP contribution in [0, 0.1) is 0 Å². The highest BCUT2D eigenvalue weighted by molar-refractivity contribution is 7.80. The van der Waals surface area contributed by atoms with E-state index in [1.54, 1.807) is 0 Å². The van der Waals surface area contributed by atoms with Crippen LogP contribution in [0.15, 0.2) is 0 Å². The van der Waals surface area contributed by atoms with Crippen molar-refractivity contribution in [3.8, 4) is 0 Å². The van der Waals surface area contributed by atoms with Crippen molar-refractivity contribution >= 4 is 42.2 Å². The van der Waals surface area contributed by atoms with Gasteiger partial charge in [-0.1, -0.05) is 0 Å². The van der Waals surface area contributed by atoms with Crippen LogP contribution in [0.5, 0.6) is 0 Å². The fourth-order valence-corrected chi connectivity index (χ4v) is 1.86. The van der Waals surface area contributed by atoms with E-state index in [0.717, 1.165) is 0 Å². The minimum Gasteiger partial charge on any atom is -0.480 e. The molecule has 0 aromatic rings. The number of carboxylic acids is 1. The zero-order chi connectivity index (χ0) is 21.1. The van der Waals surface area contributed by atoms with E-state index < -0.39 is 73.4 Å². The molecule has 0 aliphatic rings. The SMILES string of the molecule is NC(=O)CC(NC(=O)C(CO)NC(=O)C(N)CS)C(=O)NC(CO)C(=O)O. The molecule has 0 radical (unpaired) electrons. The predicted molar refractivity (Wildman–Crippen MR) is 93.2 cm³/mol. The summed E-state index contributed by atoms with van der Waals surface area (Å²) >= 11 is 3.81. The molecular formula is C13H23N5O8S. The zero-order valence-electron chi connectivity index (χ0n) is 14.1. The maximum Gasteiger partial charge on any atom is 0.328 e. The van der Waals surface area contributed by atoms with E-state index in [4.69, 9.17) is 21.7 Å². The van der Waals surface area contributed by atoms with Gasteiger partial charge in [-0.3, -0.25) is 19.2 Å². The molecule has 0 bridgehead atoms. The molecule has 4 atom stereocenters. The second-order valence-corrected chi connectivity index (χ2v) is 5.71. The normalized spacial score (nSPS) is 15.0. The summed E-state index contributed by atoms with van der Waals surface area (Å²) in [5.74, 6) is -5.52. The summed E-state index contributed by atoms with van der Waals surface area (Å²) in [6.45, 7) is -1.79. The van der Waals surface area contributed by atoms with Crippen molar-refractivity contribution in [3.63, 3.8) is 0 Å². The van der Waals surface area contributed by atoms with E-state index in [2.05, 4.69) is 23.3 Å². The van der Waals surface area contributed by atoms with Gasteiger partial charge < -0.3 is 42.7 Å². The Morgan fingerprint density at radius 1 is 0.852 bits per heavy atom. The topological polar surface area (TPSA) is 234 Å². The minimum absolute atomic E-state index is 0.0317. The average Bonchev–Trinajstić information content (AvgIpc) is 2.61. The van der Waals surface area contributed by atoms with Crippen LogP contribution in [0.1, 0.15) is 6.42 Å². The van der Waals surface area contributed by atoms with Crippen LogP contribution in [0.25, 0.3) is 0 Å². The summed E-state index contributed by atoms with van der Waals surface area (Å²) in [6, 6.07) is -5.83. The third-order valence-corrected chi connectivity index (χ3v) is 3.58. The quantitative estimate of drug-likeness (QED) is 0.140. The number of nitrogens with one attached hydrogen (secondary N) is 3. The van der Waals surface area contributed by atoms with Crippen LogP contribution in [0.4, 0.5) is 0 Å². The van der Waals surface area contributed by atoms with Crippen molar-refractivity contribution in [1.29, 1.82) is 0 Å². The van der Waals surface area contributed by atoms with Gasteiger partial charge in [-0.05, 0) is 0 Å². The molecule has 4 amide bonds. The summed E-state index contributed by atoms with van der Waals surface area (Å²) in [5.41, 5.74) is 10.4. The fourth-order valence-electron chi connectivity index (χ4n) is 1.70. The van der Waals surface area contributed by atoms with Crippen LogP contribution >= 0.6 is 12.6 Å². The van der Waals surface area contributed by atoms with Crippen LogP contribution in [0.2, 0.25) is 0 Å². The zero-order valence-corrected chi connectivity index (χ0v) is 15.0. The summed E-state index contributed by atoms with van der Waals surface area (Å²) < 4.78 is 0. The number of aliphatic carboxylic acids is 1. The number of nitrogens with two attached hydrogens (primary N) is 2. The number of rotatable bonds is 12. The molecule has 0 spiro atoms. The lowest BCUT2D eigenvalue weighted by molar-refractivity contribution is -0.143. The summed E-state index contributed by atoms with van der Waals surface area (Å²) in [6.07, 6.45) is -0.697. The van der Waals surface area contributed by atoms with Gasteiger partial charge in [0.05, 0.1) is 25.7 Å². The third kappa shape index (κ3) is 8.67. The van der Waals surface area contributed by atoms with Gasteiger partial charge in [0, 0.05) is 5.75 Å². The summed E-state index contributed by atoms with van der Waals surface area (Å²) in [4.78, 5) is 57.9. The van der Waals surface area contributed by atoms with E-state index in [9.17, 15) is 29.1 Å². The van der Waals surface area contributed by atoms with Crippen LogP contribution in [-0.2, 0) is 24.0 Å². The average molecular weight is 409 g/mol. The van der Waals surface area contributed by atoms with Crippen molar-refractivity contribution in [3.05, 3.63) is 0 Å². The molecule has 0 aliphatic carbocycles. The molecule has 0 heterocycles. The van der Waals surface area contributed by atoms with Gasteiger partial charge in [-0.2, -0.15) is 12.6 Å². The Morgan fingerprint density at radius 3 is 1.70 bits per heavy atom. The number of aliphatic hydroxyl groups excluding tert-OH is 2. The molecule has 0 fully saturated rings. The molecule has 10 N–H and O–H groups in total. The Bertz CT molecular complexity index is 575. The number of hydrogen-bond donors (Lipinski definition) is 9. The lowest BCUT2D eigenvalue weighted by Crippen LogP contribution is -2.59. The Balaban J connectivity index is 5.16. The van der Waals surface area contributed by atoms with Crippen LogP contribution in [-0.4, -0.2) is 88.1 Å². The standard InChI is InChI=1S/C13H23N5O8S/c14-5(4-27)10(22)17-7(2-19)12(24)16-6(1-9(15)21)11(23)18-8(3-20)13(25)26/h5-8,19-20,27H,1-4,14H2,(H2,15,21)(H,16,24)(H,17,22)(H,18,23)(H,25,26).